The highest BCUT2D eigenvalue weighted by atomic mass is 32.2. The first-order valence-electron chi connectivity index (χ1n) is 13.7. The quantitative estimate of drug-likeness (QED) is 0.268. The third-order valence-corrected chi connectivity index (χ3v) is 8.34. The zero-order valence-electron chi connectivity index (χ0n) is 24.5. The average Bonchev–Trinajstić information content (AvgIpc) is 2.90. The molecule has 0 unspecified atom stereocenters. The number of alkyl carbamates (subject to hydrolysis) is 1. The molecule has 0 bridgehead atoms. The SMILES string of the molecule is CSC(C)(C)[C@H](NC(=O)OC(C)(C)C)C(=O)N[C@@H](Cc1ccc([N+](=O)[O-])cc1)C(=O)N[C@@H]1CCCc2ccccc21. The van der Waals surface area contributed by atoms with E-state index in [1.54, 1.807) is 32.9 Å². The van der Waals surface area contributed by atoms with Gasteiger partial charge in [0.1, 0.15) is 17.7 Å². The number of hydrogen-bond acceptors (Lipinski definition) is 7. The van der Waals surface area contributed by atoms with Gasteiger partial charge in [0.15, 0.2) is 0 Å². The van der Waals surface area contributed by atoms with Gasteiger partial charge in [-0.2, -0.15) is 11.8 Å². The van der Waals surface area contributed by atoms with Gasteiger partial charge in [0.05, 0.1) is 11.0 Å². The Morgan fingerprint density at radius 2 is 1.68 bits per heavy atom. The Balaban J connectivity index is 1.87. The van der Waals surface area contributed by atoms with Gasteiger partial charge >= 0.3 is 6.09 Å². The normalized spacial score (nSPS) is 16.5. The number of carbonyl (C=O) groups excluding carboxylic acids is 3. The number of nitro groups is 1. The van der Waals surface area contributed by atoms with Crippen LogP contribution in [-0.4, -0.2) is 51.5 Å². The Kier molecular flexibility index (Phi) is 10.4. The molecule has 222 valence electrons. The van der Waals surface area contributed by atoms with Crippen LogP contribution in [0, 0.1) is 10.1 Å². The number of non-ortho nitro benzene ring substituents is 1. The van der Waals surface area contributed by atoms with E-state index in [1.165, 1.54) is 29.5 Å². The second-order valence-corrected chi connectivity index (χ2v) is 13.2. The summed E-state index contributed by atoms with van der Waals surface area (Å²) < 4.78 is 4.66. The molecule has 2 aromatic carbocycles. The van der Waals surface area contributed by atoms with Gasteiger partial charge in [0.2, 0.25) is 11.8 Å². The molecule has 3 atom stereocenters. The highest BCUT2D eigenvalue weighted by Crippen LogP contribution is 2.30. The molecule has 0 radical (unpaired) electrons. The predicted molar refractivity (Wildman–Crippen MR) is 160 cm³/mol. The maximum absolute atomic E-state index is 13.7. The molecular weight excluding hydrogens is 544 g/mol. The van der Waals surface area contributed by atoms with E-state index in [2.05, 4.69) is 22.0 Å². The Bertz CT molecular complexity index is 1260. The predicted octanol–water partition coefficient (Wildman–Crippen LogP) is 4.85. The molecule has 1 aliphatic rings. The third-order valence-electron chi connectivity index (χ3n) is 7.05. The lowest BCUT2D eigenvalue weighted by Gasteiger charge is -2.34. The summed E-state index contributed by atoms with van der Waals surface area (Å²) in [6.45, 7) is 8.84. The average molecular weight is 585 g/mol. The van der Waals surface area contributed by atoms with E-state index in [1.807, 2.05) is 38.3 Å². The molecule has 0 saturated carbocycles. The minimum absolute atomic E-state index is 0.0686. The first kappa shape index (κ1) is 31.9. The van der Waals surface area contributed by atoms with Crippen LogP contribution in [0.1, 0.15) is 70.2 Å². The van der Waals surface area contributed by atoms with E-state index < -0.39 is 39.4 Å². The Morgan fingerprint density at radius 3 is 2.29 bits per heavy atom. The molecule has 10 nitrogen and oxygen atoms in total. The van der Waals surface area contributed by atoms with Crippen LogP contribution in [0.15, 0.2) is 48.5 Å². The standard InChI is InChI=1S/C30H40N4O6S/c1-29(2,3)40-28(37)33-25(30(4,5)41-6)27(36)32-24(18-19-14-16-21(17-15-19)34(38)39)26(35)31-23-13-9-11-20-10-7-8-12-22(20)23/h7-8,10,12,14-17,23-25H,9,11,13,18H2,1-6H3,(H,31,35)(H,32,36)(H,33,37)/t23-,24+,25-/m1/s1. The molecule has 0 aliphatic heterocycles. The highest BCUT2D eigenvalue weighted by molar-refractivity contribution is 8.00. The molecule has 0 spiro atoms. The number of nitrogens with one attached hydrogen (secondary N) is 3. The largest absolute Gasteiger partial charge is 0.444 e. The lowest BCUT2D eigenvalue weighted by Crippen LogP contribution is -2.60. The van der Waals surface area contributed by atoms with Crippen LogP contribution in [-0.2, 0) is 27.2 Å². The molecular formula is C30H40N4O6S. The lowest BCUT2D eigenvalue weighted by molar-refractivity contribution is -0.384. The number of rotatable bonds is 10. The molecule has 3 amide bonds. The highest BCUT2D eigenvalue weighted by Gasteiger charge is 2.39. The molecule has 0 aromatic heterocycles. The molecule has 3 rings (SSSR count). The van der Waals surface area contributed by atoms with Crippen LogP contribution < -0.4 is 16.0 Å². The molecule has 11 heteroatoms. The van der Waals surface area contributed by atoms with Crippen LogP contribution in [0.4, 0.5) is 10.5 Å². The summed E-state index contributed by atoms with van der Waals surface area (Å²) in [7, 11) is 0. The van der Waals surface area contributed by atoms with E-state index in [-0.39, 0.29) is 24.1 Å². The van der Waals surface area contributed by atoms with Crippen molar-refractivity contribution in [2.45, 2.75) is 88.8 Å². The third kappa shape index (κ3) is 8.94. The van der Waals surface area contributed by atoms with Crippen molar-refractivity contribution in [2.24, 2.45) is 0 Å². The number of carbonyl (C=O) groups is 3. The van der Waals surface area contributed by atoms with Crippen LogP contribution in [0.25, 0.3) is 0 Å². The van der Waals surface area contributed by atoms with Crippen molar-refractivity contribution in [2.75, 3.05) is 6.26 Å². The molecule has 1 aliphatic carbocycles. The van der Waals surface area contributed by atoms with Crippen molar-refractivity contribution < 1.29 is 24.0 Å². The van der Waals surface area contributed by atoms with Gasteiger partial charge in [-0.3, -0.25) is 19.7 Å². The van der Waals surface area contributed by atoms with Crippen LogP contribution in [0.3, 0.4) is 0 Å². The molecule has 41 heavy (non-hydrogen) atoms. The van der Waals surface area contributed by atoms with Crippen molar-refractivity contribution in [3.63, 3.8) is 0 Å². The molecule has 0 saturated heterocycles. The fourth-order valence-corrected chi connectivity index (χ4v) is 5.13. The summed E-state index contributed by atoms with van der Waals surface area (Å²) in [5.74, 6) is -0.919. The van der Waals surface area contributed by atoms with Gasteiger partial charge in [0.25, 0.3) is 5.69 Å². The fraction of sp³-hybridized carbons (Fsp3) is 0.500. The van der Waals surface area contributed by atoms with Crippen molar-refractivity contribution in [3.8, 4) is 0 Å². The van der Waals surface area contributed by atoms with Crippen molar-refractivity contribution in [3.05, 3.63) is 75.3 Å². The lowest BCUT2D eigenvalue weighted by atomic mass is 9.87. The summed E-state index contributed by atoms with van der Waals surface area (Å²) in [6.07, 6.45) is 3.82. The van der Waals surface area contributed by atoms with Gasteiger partial charge in [0, 0.05) is 23.3 Å². The molecule has 0 heterocycles. The smallest absolute Gasteiger partial charge is 0.408 e. The number of thioether (sulfide) groups is 1. The zero-order valence-corrected chi connectivity index (χ0v) is 25.3. The minimum Gasteiger partial charge on any atom is -0.444 e. The number of fused-ring (bicyclic) bond motifs is 1. The van der Waals surface area contributed by atoms with Gasteiger partial charge in [-0.15, -0.1) is 0 Å². The number of amides is 3. The number of aryl methyl sites for hydroxylation is 1. The van der Waals surface area contributed by atoms with E-state index in [4.69, 9.17) is 4.74 Å². The second kappa shape index (κ2) is 13.4. The fourth-order valence-electron chi connectivity index (χ4n) is 4.73. The Labute approximate surface area is 245 Å². The van der Waals surface area contributed by atoms with Gasteiger partial charge in [-0.05, 0) is 76.8 Å². The van der Waals surface area contributed by atoms with E-state index >= 15 is 0 Å². The van der Waals surface area contributed by atoms with Crippen LogP contribution >= 0.6 is 11.8 Å². The van der Waals surface area contributed by atoms with Crippen molar-refractivity contribution in [1.82, 2.24) is 16.0 Å². The van der Waals surface area contributed by atoms with Gasteiger partial charge < -0.3 is 20.7 Å². The Morgan fingerprint density at radius 1 is 1.02 bits per heavy atom. The van der Waals surface area contributed by atoms with E-state index in [0.29, 0.717) is 5.56 Å². The Hall–Kier alpha value is -3.60. The van der Waals surface area contributed by atoms with Crippen molar-refractivity contribution >= 4 is 35.4 Å². The molecule has 0 fully saturated rings. The maximum atomic E-state index is 13.7. The number of ether oxygens (including phenoxy) is 1. The number of hydrogen-bond donors (Lipinski definition) is 3. The summed E-state index contributed by atoms with van der Waals surface area (Å²) in [5.41, 5.74) is 2.05. The summed E-state index contributed by atoms with van der Waals surface area (Å²) in [6, 6.07) is 11.6. The number of nitro benzene ring substituents is 1. The summed E-state index contributed by atoms with van der Waals surface area (Å²) in [5, 5.41) is 19.8. The van der Waals surface area contributed by atoms with E-state index in [0.717, 1.165) is 24.8 Å². The van der Waals surface area contributed by atoms with Crippen molar-refractivity contribution in [1.29, 1.82) is 0 Å². The first-order valence-corrected chi connectivity index (χ1v) is 14.9. The maximum Gasteiger partial charge on any atom is 0.408 e. The zero-order chi connectivity index (χ0) is 30.4. The van der Waals surface area contributed by atoms with Gasteiger partial charge in [-0.25, -0.2) is 4.79 Å². The second-order valence-electron chi connectivity index (χ2n) is 11.7. The number of benzene rings is 2. The summed E-state index contributed by atoms with van der Waals surface area (Å²) in [4.78, 5) is 50.7. The topological polar surface area (TPSA) is 140 Å². The van der Waals surface area contributed by atoms with Crippen LogP contribution in [0.2, 0.25) is 0 Å². The molecule has 3 N–H and O–H groups in total. The van der Waals surface area contributed by atoms with Gasteiger partial charge in [-0.1, -0.05) is 36.4 Å². The number of nitrogens with zero attached hydrogens (tertiary/aromatic N) is 1. The van der Waals surface area contributed by atoms with E-state index in [9.17, 15) is 24.5 Å². The molecule has 2 aromatic rings. The monoisotopic (exact) mass is 584 g/mol. The summed E-state index contributed by atoms with van der Waals surface area (Å²) >= 11 is 1.39. The van der Waals surface area contributed by atoms with Crippen LogP contribution in [0.5, 0.6) is 0 Å². The first-order chi connectivity index (χ1) is 19.2. The minimum atomic E-state index is -1.02.